The van der Waals surface area contributed by atoms with Crippen LogP contribution in [0, 0.1) is 5.92 Å². The third-order valence-corrected chi connectivity index (χ3v) is 4.15. The molecule has 1 aromatic rings. The average molecular weight is 260 g/mol. The van der Waals surface area contributed by atoms with Crippen LogP contribution in [0.3, 0.4) is 0 Å². The number of nitrogens with zero attached hydrogens (tertiary/aromatic N) is 1. The first-order valence-electron chi connectivity index (χ1n) is 7.72. The summed E-state index contributed by atoms with van der Waals surface area (Å²) < 4.78 is 0. The molecule has 2 atom stereocenters. The molecular weight excluding hydrogens is 232 g/mol. The monoisotopic (exact) mass is 260 g/mol. The van der Waals surface area contributed by atoms with E-state index in [-0.39, 0.29) is 0 Å². The van der Waals surface area contributed by atoms with Crippen molar-refractivity contribution in [1.82, 2.24) is 10.2 Å². The maximum absolute atomic E-state index is 3.52. The van der Waals surface area contributed by atoms with Crippen molar-refractivity contribution in [1.29, 1.82) is 0 Å². The van der Waals surface area contributed by atoms with Crippen molar-refractivity contribution in [2.45, 2.75) is 52.7 Å². The Morgan fingerprint density at radius 2 is 1.95 bits per heavy atom. The summed E-state index contributed by atoms with van der Waals surface area (Å²) in [4.78, 5) is 2.63. The molecule has 0 saturated carbocycles. The predicted octanol–water partition coefficient (Wildman–Crippen LogP) is 3.42. The summed E-state index contributed by atoms with van der Waals surface area (Å²) in [6.45, 7) is 11.4. The predicted molar refractivity (Wildman–Crippen MR) is 82.1 cm³/mol. The Hall–Kier alpha value is -0.860. The van der Waals surface area contributed by atoms with E-state index in [9.17, 15) is 0 Å². The summed E-state index contributed by atoms with van der Waals surface area (Å²) >= 11 is 0. The smallest absolute Gasteiger partial charge is 0.0239 e. The number of hydrogen-bond acceptors (Lipinski definition) is 2. The Morgan fingerprint density at radius 1 is 1.21 bits per heavy atom. The number of hydrogen-bond donors (Lipinski definition) is 1. The molecule has 0 radical (unpaired) electrons. The lowest BCUT2D eigenvalue weighted by Crippen LogP contribution is -2.27. The van der Waals surface area contributed by atoms with Crippen LogP contribution in [-0.2, 0) is 13.1 Å². The summed E-state index contributed by atoms with van der Waals surface area (Å²) in [6.07, 6.45) is 2.54. The van der Waals surface area contributed by atoms with Crippen molar-refractivity contribution < 1.29 is 0 Å². The van der Waals surface area contributed by atoms with Gasteiger partial charge in [0, 0.05) is 25.7 Å². The van der Waals surface area contributed by atoms with Crippen LogP contribution in [0.25, 0.3) is 0 Å². The molecule has 2 nitrogen and oxygen atoms in total. The van der Waals surface area contributed by atoms with Gasteiger partial charge < -0.3 is 5.32 Å². The standard InChI is InChI=1S/C17H28N2/c1-4-9-18-11-16-7-5-6-8-17(16)13-19-12-14(2)10-15(19)3/h5-8,14-15,18H,4,9-13H2,1-3H3. The highest BCUT2D eigenvalue weighted by Crippen LogP contribution is 2.25. The van der Waals surface area contributed by atoms with Crippen molar-refractivity contribution in [3.63, 3.8) is 0 Å². The molecule has 0 aliphatic carbocycles. The van der Waals surface area contributed by atoms with Gasteiger partial charge >= 0.3 is 0 Å². The van der Waals surface area contributed by atoms with Gasteiger partial charge in [0.25, 0.3) is 0 Å². The number of benzene rings is 1. The van der Waals surface area contributed by atoms with Gasteiger partial charge in [0.15, 0.2) is 0 Å². The van der Waals surface area contributed by atoms with Gasteiger partial charge in [0.1, 0.15) is 0 Å². The molecule has 1 N–H and O–H groups in total. The topological polar surface area (TPSA) is 15.3 Å². The van der Waals surface area contributed by atoms with Crippen LogP contribution in [0.15, 0.2) is 24.3 Å². The molecule has 19 heavy (non-hydrogen) atoms. The fraction of sp³-hybridized carbons (Fsp3) is 0.647. The SMILES string of the molecule is CCCNCc1ccccc1CN1CC(C)CC1C. The first-order chi connectivity index (χ1) is 9.20. The van der Waals surface area contributed by atoms with Crippen LogP contribution in [-0.4, -0.2) is 24.0 Å². The van der Waals surface area contributed by atoms with Gasteiger partial charge in [-0.25, -0.2) is 0 Å². The third kappa shape index (κ3) is 4.05. The molecule has 0 aromatic heterocycles. The minimum atomic E-state index is 0.728. The van der Waals surface area contributed by atoms with Crippen molar-refractivity contribution in [3.8, 4) is 0 Å². The Morgan fingerprint density at radius 3 is 2.58 bits per heavy atom. The minimum absolute atomic E-state index is 0.728. The van der Waals surface area contributed by atoms with Crippen molar-refractivity contribution in [2.24, 2.45) is 5.92 Å². The van der Waals surface area contributed by atoms with Crippen LogP contribution in [0.5, 0.6) is 0 Å². The van der Waals surface area contributed by atoms with Gasteiger partial charge in [-0.3, -0.25) is 4.90 Å². The second kappa shape index (κ2) is 7.06. The van der Waals surface area contributed by atoms with Gasteiger partial charge in [-0.2, -0.15) is 0 Å². The first kappa shape index (κ1) is 14.5. The normalized spacial score (nSPS) is 23.9. The maximum atomic E-state index is 3.52. The molecule has 2 rings (SSSR count). The average Bonchev–Trinajstić information content (AvgIpc) is 2.70. The van der Waals surface area contributed by atoms with E-state index in [4.69, 9.17) is 0 Å². The lowest BCUT2D eigenvalue weighted by Gasteiger charge is -2.22. The fourth-order valence-corrected chi connectivity index (χ4v) is 3.11. The zero-order valence-electron chi connectivity index (χ0n) is 12.7. The van der Waals surface area contributed by atoms with E-state index >= 15 is 0 Å². The highest BCUT2D eigenvalue weighted by atomic mass is 15.2. The molecule has 2 heteroatoms. The molecule has 1 aliphatic heterocycles. The Balaban J connectivity index is 1.99. The molecule has 106 valence electrons. The molecule has 0 bridgehead atoms. The van der Waals surface area contributed by atoms with Crippen LogP contribution in [0.2, 0.25) is 0 Å². The Kier molecular flexibility index (Phi) is 5.41. The molecule has 1 aromatic carbocycles. The van der Waals surface area contributed by atoms with E-state index in [0.717, 1.165) is 31.6 Å². The highest BCUT2D eigenvalue weighted by molar-refractivity contribution is 5.27. The Labute approximate surface area is 118 Å². The summed E-state index contributed by atoms with van der Waals surface area (Å²) in [6, 6.07) is 9.61. The summed E-state index contributed by atoms with van der Waals surface area (Å²) in [5.74, 6) is 0.848. The van der Waals surface area contributed by atoms with E-state index in [1.54, 1.807) is 0 Å². The van der Waals surface area contributed by atoms with Gasteiger partial charge in [0.2, 0.25) is 0 Å². The third-order valence-electron chi connectivity index (χ3n) is 4.15. The van der Waals surface area contributed by atoms with Gasteiger partial charge in [-0.15, -0.1) is 0 Å². The fourth-order valence-electron chi connectivity index (χ4n) is 3.11. The summed E-state index contributed by atoms with van der Waals surface area (Å²) in [5, 5.41) is 3.52. The largest absolute Gasteiger partial charge is 0.313 e. The number of rotatable bonds is 6. The van der Waals surface area contributed by atoms with Crippen molar-refractivity contribution in [3.05, 3.63) is 35.4 Å². The van der Waals surface area contributed by atoms with Gasteiger partial charge in [-0.05, 0) is 43.4 Å². The molecule has 1 saturated heterocycles. The van der Waals surface area contributed by atoms with Crippen LogP contribution in [0.4, 0.5) is 0 Å². The molecule has 0 amide bonds. The van der Waals surface area contributed by atoms with E-state index in [1.807, 2.05) is 0 Å². The molecular formula is C17H28N2. The van der Waals surface area contributed by atoms with Gasteiger partial charge in [0.05, 0.1) is 0 Å². The lowest BCUT2D eigenvalue weighted by atomic mass is 10.1. The maximum Gasteiger partial charge on any atom is 0.0239 e. The molecule has 1 heterocycles. The number of nitrogens with one attached hydrogen (secondary N) is 1. The summed E-state index contributed by atoms with van der Waals surface area (Å²) in [7, 11) is 0. The van der Waals surface area contributed by atoms with Crippen molar-refractivity contribution in [2.75, 3.05) is 13.1 Å². The van der Waals surface area contributed by atoms with Crippen LogP contribution in [0.1, 0.15) is 44.7 Å². The first-order valence-corrected chi connectivity index (χ1v) is 7.72. The van der Waals surface area contributed by atoms with Crippen molar-refractivity contribution >= 4 is 0 Å². The zero-order chi connectivity index (χ0) is 13.7. The Bertz CT molecular complexity index is 389. The second-order valence-corrected chi connectivity index (χ2v) is 6.06. The zero-order valence-corrected chi connectivity index (χ0v) is 12.7. The second-order valence-electron chi connectivity index (χ2n) is 6.06. The lowest BCUT2D eigenvalue weighted by molar-refractivity contribution is 0.256. The minimum Gasteiger partial charge on any atom is -0.313 e. The molecule has 2 unspecified atom stereocenters. The van der Waals surface area contributed by atoms with E-state index in [2.05, 4.69) is 55.3 Å². The summed E-state index contributed by atoms with van der Waals surface area (Å²) in [5.41, 5.74) is 2.95. The van der Waals surface area contributed by atoms with Gasteiger partial charge in [-0.1, -0.05) is 38.1 Å². The van der Waals surface area contributed by atoms with E-state index in [0.29, 0.717) is 0 Å². The van der Waals surface area contributed by atoms with Crippen LogP contribution < -0.4 is 5.32 Å². The number of likely N-dealkylation sites (tertiary alicyclic amines) is 1. The molecule has 1 aliphatic rings. The molecule has 1 fully saturated rings. The van der Waals surface area contributed by atoms with E-state index < -0.39 is 0 Å². The molecule has 0 spiro atoms. The quantitative estimate of drug-likeness (QED) is 0.789. The van der Waals surface area contributed by atoms with E-state index in [1.165, 1.54) is 30.5 Å². The van der Waals surface area contributed by atoms with Crippen LogP contribution >= 0.6 is 0 Å². The highest BCUT2D eigenvalue weighted by Gasteiger charge is 2.26.